The molecule has 4 rings (SSSR count). The first-order valence-electron chi connectivity index (χ1n) is 14.2. The lowest BCUT2D eigenvalue weighted by Gasteiger charge is -2.17. The third kappa shape index (κ3) is 8.47. The lowest BCUT2D eigenvalue weighted by molar-refractivity contribution is 0.0966. The first-order chi connectivity index (χ1) is 17.4. The Morgan fingerprint density at radius 3 is 1.97 bits per heavy atom. The first kappa shape index (κ1) is 29.6. The van der Waals surface area contributed by atoms with E-state index in [2.05, 4.69) is 88.4 Å². The molecular formula is C35H48O. The van der Waals surface area contributed by atoms with E-state index in [1.54, 1.807) is 0 Å². The molecule has 3 aromatic rings. The summed E-state index contributed by atoms with van der Waals surface area (Å²) in [6.45, 7) is 14.9. The Kier molecular flexibility index (Phi) is 12.7. The monoisotopic (exact) mass is 484 g/mol. The van der Waals surface area contributed by atoms with Gasteiger partial charge in [-0.05, 0) is 72.3 Å². The third-order valence-corrected chi connectivity index (χ3v) is 7.11. The van der Waals surface area contributed by atoms with Crippen molar-refractivity contribution in [1.29, 1.82) is 0 Å². The Bertz CT molecular complexity index is 1030. The maximum atomic E-state index is 13.1. The molecule has 0 saturated heterocycles. The highest BCUT2D eigenvalue weighted by molar-refractivity contribution is 6.00. The van der Waals surface area contributed by atoms with E-state index in [0.29, 0.717) is 5.92 Å². The second-order valence-corrected chi connectivity index (χ2v) is 10.2. The van der Waals surface area contributed by atoms with Crippen LogP contribution < -0.4 is 0 Å². The van der Waals surface area contributed by atoms with E-state index < -0.39 is 0 Å². The number of carbonyl (C=O) groups excluding carboxylic acids is 1. The Morgan fingerprint density at radius 2 is 1.44 bits per heavy atom. The summed E-state index contributed by atoms with van der Waals surface area (Å²) in [7, 11) is 0. The smallest absolute Gasteiger partial charge is 0.170 e. The highest BCUT2D eigenvalue weighted by Gasteiger charge is 2.25. The zero-order chi connectivity index (χ0) is 26.5. The molecule has 3 aromatic carbocycles. The van der Waals surface area contributed by atoms with Crippen molar-refractivity contribution in [1.82, 2.24) is 0 Å². The number of Topliss-reactive ketones (excluding diaryl/α,β-unsaturated/α-hetero) is 1. The number of carbonyl (C=O) groups is 1. The molecule has 0 bridgehead atoms. The van der Waals surface area contributed by atoms with Gasteiger partial charge in [0, 0.05) is 11.5 Å². The number of benzene rings is 3. The van der Waals surface area contributed by atoms with Crippen molar-refractivity contribution in [2.24, 2.45) is 5.92 Å². The van der Waals surface area contributed by atoms with E-state index in [0.717, 1.165) is 29.9 Å². The molecule has 1 nitrogen and oxygen atoms in total. The minimum atomic E-state index is -0.120. The van der Waals surface area contributed by atoms with Crippen molar-refractivity contribution in [2.45, 2.75) is 98.8 Å². The molecule has 0 amide bonds. The average molecular weight is 485 g/mol. The SMILES string of the molecule is CC.CCC.Cc1cc(C(C)C(=O)c2ccc(CCc3ccccc3)cc2)ccc1C1CCC(C)C1. The molecule has 0 heterocycles. The van der Waals surface area contributed by atoms with E-state index >= 15 is 0 Å². The molecule has 1 aliphatic rings. The van der Waals surface area contributed by atoms with Gasteiger partial charge in [-0.1, -0.05) is 127 Å². The fourth-order valence-electron chi connectivity index (χ4n) is 5.09. The molecule has 1 heteroatoms. The van der Waals surface area contributed by atoms with Crippen LogP contribution in [0.5, 0.6) is 0 Å². The van der Waals surface area contributed by atoms with Crippen LogP contribution >= 0.6 is 0 Å². The zero-order valence-electron chi connectivity index (χ0n) is 23.8. The predicted octanol–water partition coefficient (Wildman–Crippen LogP) is 10.1. The quantitative estimate of drug-likeness (QED) is 0.305. The summed E-state index contributed by atoms with van der Waals surface area (Å²) < 4.78 is 0. The van der Waals surface area contributed by atoms with Crippen LogP contribution in [-0.2, 0) is 12.8 Å². The van der Waals surface area contributed by atoms with Gasteiger partial charge < -0.3 is 0 Å². The lowest BCUT2D eigenvalue weighted by Crippen LogP contribution is -2.10. The Hall–Kier alpha value is -2.67. The second-order valence-electron chi connectivity index (χ2n) is 10.2. The van der Waals surface area contributed by atoms with Gasteiger partial charge in [-0.25, -0.2) is 0 Å². The average Bonchev–Trinajstić information content (AvgIpc) is 3.35. The molecule has 3 atom stereocenters. The van der Waals surface area contributed by atoms with Gasteiger partial charge in [-0.3, -0.25) is 4.79 Å². The van der Waals surface area contributed by atoms with Crippen molar-refractivity contribution in [3.8, 4) is 0 Å². The minimum absolute atomic E-state index is 0.120. The fourth-order valence-corrected chi connectivity index (χ4v) is 5.09. The standard InChI is InChI=1S/C30H34O.C3H8.C2H6/c1-21-9-14-28(19-21)29-18-17-27(20-22(29)2)23(3)30(31)26-15-12-25(13-16-26)11-10-24-7-5-4-6-8-24;1-3-2;1-2/h4-8,12-13,15-18,20-21,23,28H,9-11,14,19H2,1-3H3;3H2,1-2H3;1-2H3. The Labute approximate surface area is 221 Å². The van der Waals surface area contributed by atoms with E-state index in [-0.39, 0.29) is 11.7 Å². The van der Waals surface area contributed by atoms with E-state index in [1.807, 2.05) is 32.9 Å². The van der Waals surface area contributed by atoms with Gasteiger partial charge in [0.05, 0.1) is 0 Å². The third-order valence-electron chi connectivity index (χ3n) is 7.11. The molecule has 1 fully saturated rings. The second kappa shape index (κ2) is 15.4. The first-order valence-corrected chi connectivity index (χ1v) is 14.2. The van der Waals surface area contributed by atoms with Crippen LogP contribution in [0.3, 0.4) is 0 Å². The van der Waals surface area contributed by atoms with Gasteiger partial charge in [-0.15, -0.1) is 0 Å². The van der Waals surface area contributed by atoms with Crippen LogP contribution in [-0.4, -0.2) is 5.78 Å². The van der Waals surface area contributed by atoms with Crippen LogP contribution in [0.4, 0.5) is 0 Å². The summed E-state index contributed by atoms with van der Waals surface area (Å²) in [6.07, 6.45) is 7.20. The minimum Gasteiger partial charge on any atom is -0.294 e. The maximum Gasteiger partial charge on any atom is 0.170 e. The maximum absolute atomic E-state index is 13.1. The molecule has 36 heavy (non-hydrogen) atoms. The summed E-state index contributed by atoms with van der Waals surface area (Å²) in [6, 6.07) is 25.5. The highest BCUT2D eigenvalue weighted by Crippen LogP contribution is 2.39. The molecule has 194 valence electrons. The summed E-state index contributed by atoms with van der Waals surface area (Å²) >= 11 is 0. The molecular weight excluding hydrogens is 436 g/mol. The van der Waals surface area contributed by atoms with Crippen LogP contribution in [0, 0.1) is 12.8 Å². The molecule has 3 unspecified atom stereocenters. The highest BCUT2D eigenvalue weighted by atomic mass is 16.1. The van der Waals surface area contributed by atoms with Crippen LogP contribution in [0.2, 0.25) is 0 Å². The van der Waals surface area contributed by atoms with Crippen molar-refractivity contribution in [2.75, 3.05) is 0 Å². The largest absolute Gasteiger partial charge is 0.294 e. The van der Waals surface area contributed by atoms with E-state index in [9.17, 15) is 4.79 Å². The summed E-state index contributed by atoms with van der Waals surface area (Å²) in [4.78, 5) is 13.1. The molecule has 0 spiro atoms. The van der Waals surface area contributed by atoms with E-state index in [4.69, 9.17) is 0 Å². The Balaban J connectivity index is 0.000000850. The van der Waals surface area contributed by atoms with Crippen molar-refractivity contribution in [3.63, 3.8) is 0 Å². The van der Waals surface area contributed by atoms with Gasteiger partial charge in [-0.2, -0.15) is 0 Å². The van der Waals surface area contributed by atoms with E-state index in [1.165, 1.54) is 47.9 Å². The fraction of sp³-hybridized carbons (Fsp3) is 0.457. The number of hydrogen-bond acceptors (Lipinski definition) is 1. The molecule has 1 aliphatic carbocycles. The predicted molar refractivity (Wildman–Crippen MR) is 157 cm³/mol. The van der Waals surface area contributed by atoms with Crippen LogP contribution in [0.15, 0.2) is 72.8 Å². The zero-order valence-corrected chi connectivity index (χ0v) is 23.8. The molecule has 0 N–H and O–H groups in total. The van der Waals surface area contributed by atoms with Crippen molar-refractivity contribution < 1.29 is 4.79 Å². The number of ketones is 1. The number of rotatable bonds is 7. The van der Waals surface area contributed by atoms with Gasteiger partial charge in [0.25, 0.3) is 0 Å². The number of hydrogen-bond donors (Lipinski definition) is 0. The van der Waals surface area contributed by atoms with Crippen molar-refractivity contribution >= 4 is 5.78 Å². The van der Waals surface area contributed by atoms with Gasteiger partial charge >= 0.3 is 0 Å². The summed E-state index contributed by atoms with van der Waals surface area (Å²) in [5.74, 6) is 1.61. The molecule has 1 saturated carbocycles. The summed E-state index contributed by atoms with van der Waals surface area (Å²) in [5.41, 5.74) is 7.39. The topological polar surface area (TPSA) is 17.1 Å². The van der Waals surface area contributed by atoms with Crippen molar-refractivity contribution in [3.05, 3.63) is 106 Å². The number of aryl methyl sites for hydroxylation is 3. The normalized spacial score (nSPS) is 17.3. The Morgan fingerprint density at radius 1 is 0.861 bits per heavy atom. The van der Waals surface area contributed by atoms with Gasteiger partial charge in [0.15, 0.2) is 5.78 Å². The molecule has 0 radical (unpaired) electrons. The summed E-state index contributed by atoms with van der Waals surface area (Å²) in [5, 5.41) is 0. The lowest BCUT2D eigenvalue weighted by atomic mass is 9.86. The van der Waals surface area contributed by atoms with Crippen LogP contribution in [0.25, 0.3) is 0 Å². The molecule has 0 aliphatic heterocycles. The van der Waals surface area contributed by atoms with Gasteiger partial charge in [0.1, 0.15) is 0 Å². The molecule has 0 aromatic heterocycles. The van der Waals surface area contributed by atoms with Gasteiger partial charge in [0.2, 0.25) is 0 Å². The van der Waals surface area contributed by atoms with Crippen LogP contribution in [0.1, 0.15) is 117 Å².